The van der Waals surface area contributed by atoms with Crippen LogP contribution < -0.4 is 0 Å². The van der Waals surface area contributed by atoms with Crippen molar-refractivity contribution < 1.29 is 19.4 Å². The molecule has 0 saturated heterocycles. The molecule has 0 aromatic carbocycles. The van der Waals surface area contributed by atoms with E-state index in [-0.39, 0.29) is 34.7 Å². The van der Waals surface area contributed by atoms with E-state index in [9.17, 15) is 14.7 Å². The van der Waals surface area contributed by atoms with Crippen LogP contribution in [0.4, 0.5) is 0 Å². The minimum absolute atomic E-state index is 0.0332. The van der Waals surface area contributed by atoms with Crippen LogP contribution in [0.25, 0.3) is 0 Å². The maximum absolute atomic E-state index is 13.1. The van der Waals surface area contributed by atoms with E-state index in [1.165, 1.54) is 0 Å². The molecule has 28 heavy (non-hydrogen) atoms. The molecule has 0 aliphatic heterocycles. The van der Waals surface area contributed by atoms with Gasteiger partial charge in [0.15, 0.2) is 0 Å². The van der Waals surface area contributed by atoms with Crippen molar-refractivity contribution in [1.29, 1.82) is 0 Å². The molecular formula is C23H35IO4. The predicted molar refractivity (Wildman–Crippen MR) is 118 cm³/mol. The third-order valence-corrected chi connectivity index (χ3v) is 11.1. The Hall–Kier alpha value is -0.430. The molecule has 3 aliphatic carbocycles. The minimum atomic E-state index is -0.604. The second kappa shape index (κ2) is 8.01. The molecule has 1 N–H and O–H groups in total. The van der Waals surface area contributed by atoms with E-state index in [1.807, 2.05) is 6.08 Å². The molecule has 9 atom stereocenters. The quantitative estimate of drug-likeness (QED) is 0.266. The van der Waals surface area contributed by atoms with Gasteiger partial charge in [-0.05, 0) is 48.9 Å². The maximum Gasteiger partial charge on any atom is 0.332 e. The summed E-state index contributed by atoms with van der Waals surface area (Å²) in [5, 5.41) is 9.33. The minimum Gasteiger partial charge on any atom is -0.460 e. The molecular weight excluding hydrogens is 467 g/mol. The zero-order valence-corrected chi connectivity index (χ0v) is 19.8. The number of ether oxygens (including phenoxy) is 1. The molecule has 3 fully saturated rings. The SMILES string of the molecule is C=C[C@]1(C)C[C@@H](OC(=O)CO)C2C(C)CCC3(CCC(=O)C3C2C)C(C)C1I. The number of fused-ring (bicyclic) bond motifs is 1. The summed E-state index contributed by atoms with van der Waals surface area (Å²) in [4.78, 5) is 25.2. The van der Waals surface area contributed by atoms with Crippen LogP contribution >= 0.6 is 22.6 Å². The van der Waals surface area contributed by atoms with Crippen LogP contribution in [0.5, 0.6) is 0 Å². The van der Waals surface area contributed by atoms with Crippen LogP contribution in [0.2, 0.25) is 0 Å². The van der Waals surface area contributed by atoms with Crippen molar-refractivity contribution in [3.63, 3.8) is 0 Å². The molecule has 2 bridgehead atoms. The number of Topliss-reactive ketones (excluding diaryl/α,β-unsaturated/α-hetero) is 1. The molecule has 0 heterocycles. The van der Waals surface area contributed by atoms with Gasteiger partial charge in [-0.25, -0.2) is 4.79 Å². The number of rotatable bonds is 3. The number of ketones is 1. The zero-order chi connectivity index (χ0) is 20.9. The van der Waals surface area contributed by atoms with Crippen LogP contribution in [0, 0.1) is 40.4 Å². The van der Waals surface area contributed by atoms with E-state index >= 15 is 0 Å². The smallest absolute Gasteiger partial charge is 0.332 e. The lowest BCUT2D eigenvalue weighted by atomic mass is 9.60. The fraction of sp³-hybridized carbons (Fsp3) is 0.826. The normalized spacial score (nSPS) is 48.8. The molecule has 0 aromatic rings. The molecule has 0 aromatic heterocycles. The van der Waals surface area contributed by atoms with E-state index in [1.54, 1.807) is 0 Å². The van der Waals surface area contributed by atoms with Gasteiger partial charge < -0.3 is 9.84 Å². The number of hydrogen-bond donors (Lipinski definition) is 1. The average molecular weight is 502 g/mol. The summed E-state index contributed by atoms with van der Waals surface area (Å²) in [5.74, 6) is 0.914. The summed E-state index contributed by atoms with van der Waals surface area (Å²) in [7, 11) is 0. The Balaban J connectivity index is 2.18. The Morgan fingerprint density at radius 3 is 2.64 bits per heavy atom. The van der Waals surface area contributed by atoms with Gasteiger partial charge in [0, 0.05) is 27.6 Å². The van der Waals surface area contributed by atoms with Crippen molar-refractivity contribution in [3.05, 3.63) is 12.7 Å². The second-order valence-corrected chi connectivity index (χ2v) is 11.3. The molecule has 0 amide bonds. The Morgan fingerprint density at radius 1 is 1.36 bits per heavy atom. The number of aliphatic hydroxyl groups excluding tert-OH is 1. The van der Waals surface area contributed by atoms with Crippen molar-refractivity contribution in [1.82, 2.24) is 0 Å². The van der Waals surface area contributed by atoms with Crippen LogP contribution in [-0.4, -0.2) is 33.5 Å². The third-order valence-electron chi connectivity index (χ3n) is 8.58. The standard InChI is InChI=1S/C23H35IO4/c1-6-22(5)11-17(28-18(27)12-25)19-13(2)7-9-23(15(4)21(22)24)10-8-16(26)20(23)14(19)3/h6,13-15,17,19-21,25H,1,7-12H2,2-5H3/t13?,14?,15?,17-,19?,20?,21?,22-,23?/m1/s1. The van der Waals surface area contributed by atoms with Gasteiger partial charge in [0.05, 0.1) is 0 Å². The summed E-state index contributed by atoms with van der Waals surface area (Å²) in [6.07, 6.45) is 6.20. The van der Waals surface area contributed by atoms with Gasteiger partial charge in [0.2, 0.25) is 0 Å². The first-order valence-electron chi connectivity index (χ1n) is 10.7. The van der Waals surface area contributed by atoms with Crippen LogP contribution in [-0.2, 0) is 14.3 Å². The second-order valence-electron chi connectivity index (χ2n) is 9.92. The fourth-order valence-corrected chi connectivity index (χ4v) is 8.25. The molecule has 4 nitrogen and oxygen atoms in total. The highest BCUT2D eigenvalue weighted by Crippen LogP contribution is 2.63. The molecule has 7 unspecified atom stereocenters. The highest BCUT2D eigenvalue weighted by molar-refractivity contribution is 14.1. The van der Waals surface area contributed by atoms with Gasteiger partial charge >= 0.3 is 5.97 Å². The predicted octanol–water partition coefficient (Wildman–Crippen LogP) is 4.57. The summed E-state index contributed by atoms with van der Waals surface area (Å²) < 4.78 is 6.16. The first-order chi connectivity index (χ1) is 13.1. The Bertz CT molecular complexity index is 649. The first-order valence-corrected chi connectivity index (χ1v) is 12.0. The number of carbonyl (C=O) groups is 2. The van der Waals surface area contributed by atoms with E-state index in [4.69, 9.17) is 4.74 Å². The number of carbonyl (C=O) groups excluding carboxylic acids is 2. The number of esters is 1. The van der Waals surface area contributed by atoms with Crippen LogP contribution in [0.1, 0.15) is 59.8 Å². The van der Waals surface area contributed by atoms with Crippen LogP contribution in [0.3, 0.4) is 0 Å². The lowest BCUT2D eigenvalue weighted by Gasteiger charge is -2.47. The highest BCUT2D eigenvalue weighted by atomic mass is 127. The molecule has 158 valence electrons. The molecule has 0 spiro atoms. The topological polar surface area (TPSA) is 63.6 Å². The summed E-state index contributed by atoms with van der Waals surface area (Å²) in [6.45, 7) is 12.6. The Labute approximate surface area is 183 Å². The largest absolute Gasteiger partial charge is 0.460 e. The van der Waals surface area contributed by atoms with Gasteiger partial charge in [0.1, 0.15) is 18.5 Å². The van der Waals surface area contributed by atoms with Gasteiger partial charge in [-0.1, -0.05) is 56.4 Å². The number of alkyl halides is 1. The third kappa shape index (κ3) is 3.38. The monoisotopic (exact) mass is 502 g/mol. The lowest BCUT2D eigenvalue weighted by molar-refractivity contribution is -0.160. The number of halogens is 1. The molecule has 3 rings (SSSR count). The Kier molecular flexibility index (Phi) is 6.37. The molecule has 3 aliphatic rings. The zero-order valence-electron chi connectivity index (χ0n) is 17.6. The van der Waals surface area contributed by atoms with Crippen LogP contribution in [0.15, 0.2) is 12.7 Å². The van der Waals surface area contributed by atoms with E-state index < -0.39 is 12.6 Å². The molecule has 3 saturated carbocycles. The fourth-order valence-electron chi connectivity index (χ4n) is 7.02. The van der Waals surface area contributed by atoms with Gasteiger partial charge in [0.25, 0.3) is 0 Å². The maximum atomic E-state index is 13.1. The average Bonchev–Trinajstić information content (AvgIpc) is 2.96. The van der Waals surface area contributed by atoms with E-state index in [2.05, 4.69) is 56.9 Å². The van der Waals surface area contributed by atoms with Crippen molar-refractivity contribution in [3.8, 4) is 0 Å². The summed E-state index contributed by atoms with van der Waals surface area (Å²) >= 11 is 2.56. The van der Waals surface area contributed by atoms with E-state index in [0.29, 0.717) is 34.4 Å². The van der Waals surface area contributed by atoms with Crippen molar-refractivity contribution in [2.75, 3.05) is 6.61 Å². The number of allylic oxidation sites excluding steroid dienone is 1. The van der Waals surface area contributed by atoms with Crippen molar-refractivity contribution in [2.24, 2.45) is 40.4 Å². The summed E-state index contributed by atoms with van der Waals surface area (Å²) in [6, 6.07) is 0. The van der Waals surface area contributed by atoms with Gasteiger partial charge in [-0.2, -0.15) is 0 Å². The molecule has 5 heteroatoms. The van der Waals surface area contributed by atoms with E-state index in [0.717, 1.165) is 19.3 Å². The highest BCUT2D eigenvalue weighted by Gasteiger charge is 2.61. The number of hydrogen-bond acceptors (Lipinski definition) is 4. The van der Waals surface area contributed by atoms with Gasteiger partial charge in [-0.15, -0.1) is 6.58 Å². The summed E-state index contributed by atoms with van der Waals surface area (Å²) in [5.41, 5.74) is -0.172. The van der Waals surface area contributed by atoms with Gasteiger partial charge in [-0.3, -0.25) is 4.79 Å². The number of aliphatic hydroxyl groups is 1. The first kappa shape index (κ1) is 22.3. The Morgan fingerprint density at radius 2 is 2.04 bits per heavy atom. The van der Waals surface area contributed by atoms with Crippen molar-refractivity contribution >= 4 is 34.3 Å². The van der Waals surface area contributed by atoms with Crippen molar-refractivity contribution in [2.45, 2.75) is 69.8 Å². The molecule has 0 radical (unpaired) electrons. The lowest BCUT2D eigenvalue weighted by Crippen LogP contribution is -2.44.